The number of nitrogens with two attached hydrogens (primary N) is 1. The van der Waals surface area contributed by atoms with Crippen LogP contribution in [-0.2, 0) is 6.42 Å². The van der Waals surface area contributed by atoms with E-state index in [1.54, 1.807) is 31.2 Å². The van der Waals surface area contributed by atoms with Crippen molar-refractivity contribution in [2.24, 2.45) is 0 Å². The maximum atomic E-state index is 11.4. The molecule has 0 saturated heterocycles. The third-order valence-corrected chi connectivity index (χ3v) is 6.80. The van der Waals surface area contributed by atoms with Gasteiger partial charge in [-0.2, -0.15) is 0 Å². The fourth-order valence-corrected chi connectivity index (χ4v) is 5.28. The molecule has 0 amide bonds. The highest BCUT2D eigenvalue weighted by molar-refractivity contribution is 5.96. The molecular formula is C27H25NO6. The van der Waals surface area contributed by atoms with Crippen molar-refractivity contribution < 1.29 is 30.6 Å². The van der Waals surface area contributed by atoms with Crippen LogP contribution >= 0.6 is 0 Å². The summed E-state index contributed by atoms with van der Waals surface area (Å²) in [5.41, 5.74) is 6.62. The van der Waals surface area contributed by atoms with Crippen LogP contribution in [-0.4, -0.2) is 36.2 Å². The van der Waals surface area contributed by atoms with Crippen LogP contribution < -0.4 is 5.73 Å². The van der Waals surface area contributed by atoms with Gasteiger partial charge in [0.05, 0.1) is 11.2 Å². The van der Waals surface area contributed by atoms with Crippen LogP contribution in [0.15, 0.2) is 71.7 Å². The molecule has 7 nitrogen and oxygen atoms in total. The second-order valence-corrected chi connectivity index (χ2v) is 9.10. The van der Waals surface area contributed by atoms with E-state index in [4.69, 9.17) is 5.73 Å². The molecule has 0 heterocycles. The number of aliphatic hydroxyl groups is 3. The SMILES string of the molecule is CC1(O)CC(O)=C(O)C2=C1[C@@H](c1ccccc1)Cc1c(O)c(O)c(-c3ccc(N)cc3)c(O)c12. The van der Waals surface area contributed by atoms with E-state index in [-0.39, 0.29) is 40.9 Å². The Morgan fingerprint density at radius 2 is 1.47 bits per heavy atom. The molecule has 0 spiro atoms. The minimum absolute atomic E-state index is 0.0428. The number of nitrogen functional groups attached to an aromatic ring is 1. The fraction of sp³-hybridized carbons (Fsp3) is 0.185. The van der Waals surface area contributed by atoms with Gasteiger partial charge in [0.2, 0.25) is 0 Å². The molecule has 0 fully saturated rings. The Hall–Kier alpha value is -4.10. The van der Waals surface area contributed by atoms with E-state index in [0.717, 1.165) is 5.56 Å². The number of phenolic OH excluding ortho intramolecular Hbond substituents is 3. The van der Waals surface area contributed by atoms with Crippen molar-refractivity contribution in [2.45, 2.75) is 31.3 Å². The first kappa shape index (κ1) is 21.7. The van der Waals surface area contributed by atoms with Crippen LogP contribution in [0.2, 0.25) is 0 Å². The summed E-state index contributed by atoms with van der Waals surface area (Å²) in [6.45, 7) is 1.55. The van der Waals surface area contributed by atoms with Gasteiger partial charge < -0.3 is 36.4 Å². The Kier molecular flexibility index (Phi) is 4.77. The Balaban J connectivity index is 1.88. The zero-order valence-electron chi connectivity index (χ0n) is 18.4. The van der Waals surface area contributed by atoms with Gasteiger partial charge in [0, 0.05) is 34.7 Å². The molecular weight excluding hydrogens is 434 g/mol. The summed E-state index contributed by atoms with van der Waals surface area (Å²) >= 11 is 0. The van der Waals surface area contributed by atoms with Crippen molar-refractivity contribution in [3.05, 3.63) is 88.4 Å². The predicted molar refractivity (Wildman–Crippen MR) is 129 cm³/mol. The quantitative estimate of drug-likeness (QED) is 0.168. The van der Waals surface area contributed by atoms with Crippen molar-refractivity contribution in [1.29, 1.82) is 0 Å². The highest BCUT2D eigenvalue weighted by Crippen LogP contribution is 2.59. The van der Waals surface area contributed by atoms with E-state index >= 15 is 0 Å². The molecule has 8 N–H and O–H groups in total. The lowest BCUT2D eigenvalue weighted by atomic mass is 9.65. The highest BCUT2D eigenvalue weighted by atomic mass is 16.3. The molecule has 2 aliphatic rings. The minimum Gasteiger partial charge on any atom is -0.508 e. The summed E-state index contributed by atoms with van der Waals surface area (Å²) in [4.78, 5) is 0. The molecule has 0 radical (unpaired) electrons. The molecule has 34 heavy (non-hydrogen) atoms. The maximum Gasteiger partial charge on any atom is 0.169 e. The number of hydrogen-bond acceptors (Lipinski definition) is 7. The van der Waals surface area contributed by atoms with Gasteiger partial charge in [0.1, 0.15) is 11.5 Å². The Bertz CT molecular complexity index is 1370. The first-order valence-electron chi connectivity index (χ1n) is 10.9. The van der Waals surface area contributed by atoms with Crippen LogP contribution in [0.25, 0.3) is 16.7 Å². The van der Waals surface area contributed by atoms with Gasteiger partial charge in [-0.15, -0.1) is 0 Å². The monoisotopic (exact) mass is 459 g/mol. The van der Waals surface area contributed by atoms with E-state index in [9.17, 15) is 30.6 Å². The molecule has 174 valence electrons. The van der Waals surface area contributed by atoms with Gasteiger partial charge in [-0.25, -0.2) is 0 Å². The van der Waals surface area contributed by atoms with Crippen molar-refractivity contribution in [2.75, 3.05) is 5.73 Å². The molecule has 0 saturated carbocycles. The number of aromatic hydroxyl groups is 3. The third-order valence-electron chi connectivity index (χ3n) is 6.80. The molecule has 5 rings (SSSR count). The van der Waals surface area contributed by atoms with Crippen molar-refractivity contribution in [1.82, 2.24) is 0 Å². The average molecular weight is 459 g/mol. The number of phenols is 3. The van der Waals surface area contributed by atoms with Crippen LogP contribution in [0.5, 0.6) is 17.2 Å². The normalized spacial score (nSPS) is 21.9. The zero-order chi connectivity index (χ0) is 24.4. The lowest BCUT2D eigenvalue weighted by Crippen LogP contribution is -2.37. The lowest BCUT2D eigenvalue weighted by molar-refractivity contribution is 0.0734. The second-order valence-electron chi connectivity index (χ2n) is 9.10. The molecule has 0 aliphatic heterocycles. The summed E-state index contributed by atoms with van der Waals surface area (Å²) in [5.74, 6) is -2.72. The largest absolute Gasteiger partial charge is 0.508 e. The van der Waals surface area contributed by atoms with Crippen molar-refractivity contribution in [3.63, 3.8) is 0 Å². The molecule has 3 aromatic carbocycles. The van der Waals surface area contributed by atoms with Crippen LogP contribution in [0.1, 0.15) is 36.0 Å². The first-order valence-corrected chi connectivity index (χ1v) is 10.9. The van der Waals surface area contributed by atoms with E-state index in [2.05, 4.69) is 0 Å². The summed E-state index contributed by atoms with van der Waals surface area (Å²) in [5, 5.41) is 66.2. The van der Waals surface area contributed by atoms with Gasteiger partial charge >= 0.3 is 0 Å². The smallest absolute Gasteiger partial charge is 0.169 e. The number of hydrogen-bond donors (Lipinski definition) is 7. The Morgan fingerprint density at radius 3 is 2.12 bits per heavy atom. The molecule has 7 heteroatoms. The van der Waals surface area contributed by atoms with Gasteiger partial charge in [0.25, 0.3) is 0 Å². The number of fused-ring (bicyclic) bond motifs is 2. The summed E-state index contributed by atoms with van der Waals surface area (Å²) in [6, 6.07) is 15.6. The number of rotatable bonds is 2. The van der Waals surface area contributed by atoms with Crippen molar-refractivity contribution >= 4 is 11.3 Å². The van der Waals surface area contributed by atoms with E-state index in [0.29, 0.717) is 16.8 Å². The van der Waals surface area contributed by atoms with Gasteiger partial charge in [-0.1, -0.05) is 42.5 Å². The molecule has 0 bridgehead atoms. The number of anilines is 1. The molecule has 3 aromatic rings. The summed E-state index contributed by atoms with van der Waals surface area (Å²) in [6.07, 6.45) is -0.0523. The Morgan fingerprint density at radius 1 is 0.824 bits per heavy atom. The lowest BCUT2D eigenvalue weighted by Gasteiger charge is -2.41. The van der Waals surface area contributed by atoms with Gasteiger partial charge in [0.15, 0.2) is 17.3 Å². The third kappa shape index (κ3) is 3.08. The molecule has 2 atom stereocenters. The Labute approximate surface area is 196 Å². The van der Waals surface area contributed by atoms with Crippen LogP contribution in [0, 0.1) is 0 Å². The van der Waals surface area contributed by atoms with Crippen molar-refractivity contribution in [3.8, 4) is 28.4 Å². The topological polar surface area (TPSA) is 147 Å². The van der Waals surface area contributed by atoms with Gasteiger partial charge in [-0.05, 0) is 42.2 Å². The van der Waals surface area contributed by atoms with Gasteiger partial charge in [-0.3, -0.25) is 0 Å². The summed E-state index contributed by atoms with van der Waals surface area (Å²) < 4.78 is 0. The second kappa shape index (κ2) is 7.46. The van der Waals surface area contributed by atoms with Crippen LogP contribution in [0.3, 0.4) is 0 Å². The predicted octanol–water partition coefficient (Wildman–Crippen LogP) is 4.63. The first-order chi connectivity index (χ1) is 16.1. The number of allylic oxidation sites excluding steroid dienone is 1. The maximum absolute atomic E-state index is 11.4. The van der Waals surface area contributed by atoms with E-state index in [1.165, 1.54) is 0 Å². The highest BCUT2D eigenvalue weighted by Gasteiger charge is 2.46. The average Bonchev–Trinajstić information content (AvgIpc) is 2.81. The van der Waals surface area contributed by atoms with Crippen LogP contribution in [0.4, 0.5) is 5.69 Å². The fourth-order valence-electron chi connectivity index (χ4n) is 5.28. The zero-order valence-corrected chi connectivity index (χ0v) is 18.4. The van der Waals surface area contributed by atoms with E-state index in [1.807, 2.05) is 30.3 Å². The molecule has 0 aromatic heterocycles. The summed E-state index contributed by atoms with van der Waals surface area (Å²) in [7, 11) is 0. The number of aliphatic hydroxyl groups excluding tert-OH is 2. The molecule has 1 unspecified atom stereocenters. The number of benzene rings is 3. The standard InChI is InChI=1S/C27H25NO6/c1-27(34)12-18(29)24(31)21-20-17(11-16(22(21)27)13-5-3-2-4-6-13)23(30)26(33)19(25(20)32)14-7-9-15(28)10-8-14/h2-10,16,29-34H,11-12,28H2,1H3/t16-,27?/m1/s1. The minimum atomic E-state index is -1.54. The molecule has 2 aliphatic carbocycles. The van der Waals surface area contributed by atoms with E-state index < -0.39 is 34.5 Å².